The minimum absolute atomic E-state index is 0.0794. The molecular weight excluding hydrogens is 321 g/mol. The second-order valence-corrected chi connectivity index (χ2v) is 6.52. The van der Waals surface area contributed by atoms with E-state index in [1.54, 1.807) is 0 Å². The molecule has 0 aliphatic carbocycles. The molecule has 0 atom stereocenters. The molecule has 5 nitrogen and oxygen atoms in total. The molecule has 106 valence electrons. The van der Waals surface area contributed by atoms with Crippen molar-refractivity contribution >= 4 is 50.3 Å². The van der Waals surface area contributed by atoms with Crippen LogP contribution >= 0.6 is 23.2 Å². The van der Waals surface area contributed by atoms with Crippen LogP contribution in [0.2, 0.25) is 10.0 Å². The van der Waals surface area contributed by atoms with Gasteiger partial charge < -0.3 is 11.5 Å². The highest BCUT2D eigenvalue weighted by Gasteiger charge is 2.15. The van der Waals surface area contributed by atoms with E-state index in [-0.39, 0.29) is 26.3 Å². The van der Waals surface area contributed by atoms with Crippen LogP contribution in [-0.4, -0.2) is 8.42 Å². The van der Waals surface area contributed by atoms with Gasteiger partial charge >= 0.3 is 0 Å². The standard InChI is InChI=1S/C12H11Cl2N3O2S/c13-10-5-8(6-11(14)12(10)16)17-20(18,19)9-3-1-7(15)2-4-9/h1-6,17H,15-16H2. The molecule has 0 spiro atoms. The first-order chi connectivity index (χ1) is 9.29. The first-order valence-corrected chi connectivity index (χ1v) is 7.66. The molecule has 0 aromatic heterocycles. The number of nitrogens with one attached hydrogen (secondary N) is 1. The summed E-state index contributed by atoms with van der Waals surface area (Å²) in [6.45, 7) is 0. The van der Waals surface area contributed by atoms with Gasteiger partial charge in [0.2, 0.25) is 0 Å². The van der Waals surface area contributed by atoms with Crippen molar-refractivity contribution in [2.75, 3.05) is 16.2 Å². The Bertz CT molecular complexity index is 723. The molecule has 2 aromatic rings. The minimum Gasteiger partial charge on any atom is -0.399 e. The van der Waals surface area contributed by atoms with Crippen molar-refractivity contribution in [1.82, 2.24) is 0 Å². The van der Waals surface area contributed by atoms with E-state index in [1.165, 1.54) is 36.4 Å². The average Bonchev–Trinajstić information content (AvgIpc) is 2.36. The summed E-state index contributed by atoms with van der Waals surface area (Å²) in [4.78, 5) is 0.0794. The van der Waals surface area contributed by atoms with Gasteiger partial charge in [-0.05, 0) is 36.4 Å². The molecule has 2 aromatic carbocycles. The summed E-state index contributed by atoms with van der Waals surface area (Å²) in [6, 6.07) is 8.57. The fraction of sp³-hybridized carbons (Fsp3) is 0. The smallest absolute Gasteiger partial charge is 0.261 e. The maximum absolute atomic E-state index is 12.2. The maximum Gasteiger partial charge on any atom is 0.261 e. The summed E-state index contributed by atoms with van der Waals surface area (Å²) < 4.78 is 26.7. The molecule has 0 saturated carbocycles. The Hall–Kier alpha value is -1.63. The summed E-state index contributed by atoms with van der Waals surface area (Å²) in [5.74, 6) is 0. The van der Waals surface area contributed by atoms with Gasteiger partial charge in [0.1, 0.15) is 0 Å². The third-order valence-corrected chi connectivity index (χ3v) is 4.54. The molecule has 8 heteroatoms. The van der Waals surface area contributed by atoms with Gasteiger partial charge in [-0.3, -0.25) is 4.72 Å². The zero-order valence-corrected chi connectivity index (χ0v) is 12.4. The van der Waals surface area contributed by atoms with Gasteiger partial charge in [0.25, 0.3) is 10.0 Å². The number of hydrogen-bond donors (Lipinski definition) is 3. The molecule has 0 aliphatic heterocycles. The SMILES string of the molecule is Nc1ccc(S(=O)(=O)Nc2cc(Cl)c(N)c(Cl)c2)cc1. The number of nitrogens with two attached hydrogens (primary N) is 2. The van der Waals surface area contributed by atoms with E-state index in [0.29, 0.717) is 5.69 Å². The number of rotatable bonds is 3. The Morgan fingerprint density at radius 3 is 1.95 bits per heavy atom. The Morgan fingerprint density at radius 2 is 1.45 bits per heavy atom. The van der Waals surface area contributed by atoms with E-state index in [2.05, 4.69) is 4.72 Å². The van der Waals surface area contributed by atoms with Gasteiger partial charge in [0.15, 0.2) is 0 Å². The Morgan fingerprint density at radius 1 is 0.950 bits per heavy atom. The van der Waals surface area contributed by atoms with Crippen molar-refractivity contribution < 1.29 is 8.42 Å². The van der Waals surface area contributed by atoms with Crippen molar-refractivity contribution in [3.05, 3.63) is 46.4 Å². The van der Waals surface area contributed by atoms with Crippen LogP contribution in [0.1, 0.15) is 0 Å². The number of hydrogen-bond acceptors (Lipinski definition) is 4. The van der Waals surface area contributed by atoms with E-state index in [0.717, 1.165) is 0 Å². The van der Waals surface area contributed by atoms with Crippen LogP contribution < -0.4 is 16.2 Å². The lowest BCUT2D eigenvalue weighted by Crippen LogP contribution is -2.13. The molecule has 5 N–H and O–H groups in total. The second-order valence-electron chi connectivity index (χ2n) is 4.03. The first-order valence-electron chi connectivity index (χ1n) is 5.42. The van der Waals surface area contributed by atoms with Crippen LogP contribution in [-0.2, 0) is 10.0 Å². The van der Waals surface area contributed by atoms with Crippen LogP contribution in [0.25, 0.3) is 0 Å². The lowest BCUT2D eigenvalue weighted by atomic mass is 10.3. The lowest BCUT2D eigenvalue weighted by molar-refractivity contribution is 0.601. The van der Waals surface area contributed by atoms with Crippen LogP contribution in [0.3, 0.4) is 0 Å². The van der Waals surface area contributed by atoms with Gasteiger partial charge in [0, 0.05) is 5.69 Å². The van der Waals surface area contributed by atoms with E-state index >= 15 is 0 Å². The Balaban J connectivity index is 2.36. The summed E-state index contributed by atoms with van der Waals surface area (Å²) in [7, 11) is -3.74. The maximum atomic E-state index is 12.2. The predicted octanol–water partition coefficient (Wildman–Crippen LogP) is 2.96. The molecular formula is C12H11Cl2N3O2S. The fourth-order valence-electron chi connectivity index (χ4n) is 1.50. The number of halogens is 2. The summed E-state index contributed by atoms with van der Waals surface area (Å²) in [6.07, 6.45) is 0. The number of benzene rings is 2. The molecule has 0 bridgehead atoms. The average molecular weight is 332 g/mol. The molecule has 20 heavy (non-hydrogen) atoms. The largest absolute Gasteiger partial charge is 0.399 e. The van der Waals surface area contributed by atoms with Crippen molar-refractivity contribution in [1.29, 1.82) is 0 Å². The molecule has 0 amide bonds. The summed E-state index contributed by atoms with van der Waals surface area (Å²) in [5.41, 5.74) is 12.0. The molecule has 0 fully saturated rings. The van der Waals surface area contributed by atoms with Gasteiger partial charge in [0.05, 0.1) is 26.3 Å². The molecule has 2 rings (SSSR count). The van der Waals surface area contributed by atoms with Crippen molar-refractivity contribution in [2.45, 2.75) is 4.90 Å². The molecule has 0 heterocycles. The van der Waals surface area contributed by atoms with Crippen LogP contribution in [0.4, 0.5) is 17.1 Å². The van der Waals surface area contributed by atoms with Crippen molar-refractivity contribution in [3.63, 3.8) is 0 Å². The normalized spacial score (nSPS) is 11.3. The van der Waals surface area contributed by atoms with E-state index in [4.69, 9.17) is 34.7 Å². The highest BCUT2D eigenvalue weighted by atomic mass is 35.5. The lowest BCUT2D eigenvalue weighted by Gasteiger charge is -2.10. The van der Waals surface area contributed by atoms with Gasteiger partial charge in [-0.1, -0.05) is 23.2 Å². The second kappa shape index (κ2) is 5.40. The van der Waals surface area contributed by atoms with E-state index in [1.807, 2.05) is 0 Å². The molecule has 0 unspecified atom stereocenters. The minimum atomic E-state index is -3.74. The predicted molar refractivity (Wildman–Crippen MR) is 82.5 cm³/mol. The summed E-state index contributed by atoms with van der Waals surface area (Å²) >= 11 is 11.7. The summed E-state index contributed by atoms with van der Waals surface area (Å²) in [5, 5.41) is 0.347. The Labute approximate surface area is 126 Å². The van der Waals surface area contributed by atoms with Crippen LogP contribution in [0.15, 0.2) is 41.3 Å². The third kappa shape index (κ3) is 3.09. The Kier molecular flexibility index (Phi) is 3.99. The van der Waals surface area contributed by atoms with Crippen molar-refractivity contribution in [2.24, 2.45) is 0 Å². The van der Waals surface area contributed by atoms with E-state index in [9.17, 15) is 8.42 Å². The fourth-order valence-corrected chi connectivity index (χ4v) is 3.03. The van der Waals surface area contributed by atoms with E-state index < -0.39 is 10.0 Å². The molecule has 0 saturated heterocycles. The quantitative estimate of drug-likeness (QED) is 0.753. The highest BCUT2D eigenvalue weighted by Crippen LogP contribution is 2.32. The van der Waals surface area contributed by atoms with Gasteiger partial charge in [-0.25, -0.2) is 8.42 Å². The van der Waals surface area contributed by atoms with Crippen LogP contribution in [0, 0.1) is 0 Å². The number of sulfonamides is 1. The monoisotopic (exact) mass is 331 g/mol. The topological polar surface area (TPSA) is 98.2 Å². The van der Waals surface area contributed by atoms with Crippen LogP contribution in [0.5, 0.6) is 0 Å². The number of anilines is 3. The zero-order valence-electron chi connectivity index (χ0n) is 10.1. The highest BCUT2D eigenvalue weighted by molar-refractivity contribution is 7.92. The third-order valence-electron chi connectivity index (χ3n) is 2.52. The zero-order chi connectivity index (χ0) is 14.9. The number of nitrogen functional groups attached to an aromatic ring is 2. The van der Waals surface area contributed by atoms with Gasteiger partial charge in [-0.2, -0.15) is 0 Å². The molecule has 0 radical (unpaired) electrons. The molecule has 0 aliphatic rings. The van der Waals surface area contributed by atoms with Gasteiger partial charge in [-0.15, -0.1) is 0 Å². The first kappa shape index (κ1) is 14.8. The van der Waals surface area contributed by atoms with Crippen molar-refractivity contribution in [3.8, 4) is 0 Å².